The molecule has 8 aromatic rings. The van der Waals surface area contributed by atoms with E-state index in [1.54, 1.807) is 0 Å². The largest absolute Gasteiger partial charge is 0.0683 e. The molecule has 0 aliphatic heterocycles. The Morgan fingerprint density at radius 3 is 0.484 bits per heavy atom. The fourth-order valence-corrected chi connectivity index (χ4v) is 8.80. The first-order valence-corrected chi connectivity index (χ1v) is 40.5. The summed E-state index contributed by atoms with van der Waals surface area (Å²) in [5.41, 5.74) is 0.749. The Hall–Kier alpha value is -5.46. The first-order valence-electron chi connectivity index (χ1n) is 40.5. The van der Waals surface area contributed by atoms with E-state index in [1.807, 2.05) is 345 Å². The van der Waals surface area contributed by atoms with E-state index >= 15 is 0 Å². The zero-order valence-electron chi connectivity index (χ0n) is 71.2. The van der Waals surface area contributed by atoms with Crippen molar-refractivity contribution in [2.45, 2.75) is 345 Å². The maximum Gasteiger partial charge on any atom is -0.0178 e. The first kappa shape index (κ1) is 120. The van der Waals surface area contributed by atoms with Crippen LogP contribution < -0.4 is 0 Å². The quantitative estimate of drug-likeness (QED) is 0.144. The molecule has 3 fully saturated rings. The Morgan fingerprint density at radius 2 is 0.316 bits per heavy atom. The van der Waals surface area contributed by atoms with Crippen LogP contribution in [0.2, 0.25) is 0 Å². The highest BCUT2D eigenvalue weighted by Crippen LogP contribution is 2.47. The molecule has 0 saturated heterocycles. The van der Waals surface area contributed by atoms with Crippen LogP contribution >= 0.6 is 0 Å². The number of benzene rings is 8. The van der Waals surface area contributed by atoms with Gasteiger partial charge in [0.25, 0.3) is 0 Å². The van der Waals surface area contributed by atoms with E-state index in [4.69, 9.17) is 0 Å². The molecule has 0 nitrogen and oxygen atoms in total. The Kier molecular flexibility index (Phi) is 158. The van der Waals surface area contributed by atoms with Crippen molar-refractivity contribution >= 4 is 32.3 Å². The van der Waals surface area contributed by atoms with Crippen molar-refractivity contribution in [1.29, 1.82) is 0 Å². The van der Waals surface area contributed by atoms with Crippen LogP contribution in [-0.2, 0) is 0 Å². The Bertz CT molecular complexity index is 1890. The zero-order valence-corrected chi connectivity index (χ0v) is 71.2. The van der Waals surface area contributed by atoms with Gasteiger partial charge in [-0.3, -0.25) is 0 Å². The fourth-order valence-electron chi connectivity index (χ4n) is 8.80. The molecular formula is C95H174. The molecule has 0 heterocycles. The molecule has 554 valence electrons. The highest BCUT2D eigenvalue weighted by Gasteiger charge is 2.35. The van der Waals surface area contributed by atoms with Crippen LogP contribution in [0.3, 0.4) is 0 Å². The van der Waals surface area contributed by atoms with Crippen molar-refractivity contribution in [2.75, 3.05) is 0 Å². The third kappa shape index (κ3) is 80.9. The molecule has 0 aromatic heterocycles. The van der Waals surface area contributed by atoms with Crippen LogP contribution in [0.1, 0.15) is 345 Å². The van der Waals surface area contributed by atoms with Gasteiger partial charge in [0.1, 0.15) is 0 Å². The predicted octanol–water partition coefficient (Wildman–Crippen LogP) is 36.2. The van der Waals surface area contributed by atoms with E-state index in [-0.39, 0.29) is 0 Å². The second kappa shape index (κ2) is 125. The van der Waals surface area contributed by atoms with Gasteiger partial charge in [0.2, 0.25) is 0 Å². The molecule has 11 rings (SSSR count). The van der Waals surface area contributed by atoms with E-state index < -0.39 is 0 Å². The number of rotatable bonds is 1. The number of hydrogen-bond acceptors (Lipinski definition) is 0. The summed E-state index contributed by atoms with van der Waals surface area (Å²) < 4.78 is 0. The monoisotopic (exact) mass is 1320 g/mol. The van der Waals surface area contributed by atoms with Gasteiger partial charge in [-0.1, -0.05) is 526 Å². The van der Waals surface area contributed by atoms with Crippen molar-refractivity contribution in [3.05, 3.63) is 218 Å². The second-order valence-corrected chi connectivity index (χ2v) is 17.0. The highest BCUT2D eigenvalue weighted by molar-refractivity contribution is 5.98. The smallest absolute Gasteiger partial charge is 0.0178 e. The summed E-state index contributed by atoms with van der Waals surface area (Å²) in [6.07, 6.45) is 24.2. The van der Waals surface area contributed by atoms with Crippen LogP contribution in [-0.4, -0.2) is 0 Å². The van der Waals surface area contributed by atoms with E-state index in [0.29, 0.717) is 0 Å². The van der Waals surface area contributed by atoms with Crippen LogP contribution in [0.25, 0.3) is 32.3 Å². The molecule has 0 unspecified atom stereocenters. The lowest BCUT2D eigenvalue weighted by molar-refractivity contribution is 0.0876. The molecule has 0 heteroatoms. The molecule has 3 saturated carbocycles. The molecule has 8 aromatic carbocycles. The van der Waals surface area contributed by atoms with Crippen LogP contribution in [0.4, 0.5) is 0 Å². The molecule has 3 aliphatic carbocycles. The summed E-state index contributed by atoms with van der Waals surface area (Å²) in [5.74, 6) is 1.08. The normalized spacial score (nSPS) is 10.9. The second-order valence-electron chi connectivity index (χ2n) is 17.0. The summed E-state index contributed by atoms with van der Waals surface area (Å²) in [4.78, 5) is 0. The lowest BCUT2D eigenvalue weighted by Crippen LogP contribution is -2.31. The third-order valence-electron chi connectivity index (χ3n) is 12.4. The zero-order chi connectivity index (χ0) is 76.3. The van der Waals surface area contributed by atoms with Gasteiger partial charge in [-0.15, -0.1) is 0 Å². The molecular weight excluding hydrogens is 1140 g/mol. The SMILES string of the molecule is C1CCCCC1.CC.CC.CC.CC.CC.CC.CC.CC.CC.CC.CC.CC.CC.CC.CC.CC.CC.CC1(C2CCCCC2)CCCCC1.c1ccc2cc3ccccc3cc2c1.c1ccc2ccccc2c1.c1ccccc1.c1ccccc1.c1ccccc1. The van der Waals surface area contributed by atoms with Gasteiger partial charge < -0.3 is 0 Å². The summed E-state index contributed by atoms with van der Waals surface area (Å²) in [7, 11) is 0. The van der Waals surface area contributed by atoms with Gasteiger partial charge in [0.05, 0.1) is 0 Å². The standard InChI is InChI=1S/C14H10.C13H24.C10H8.C6H12.3C6H6.17C2H6/c1-2-6-12-10-14-8-4-3-7-13(14)9-11(12)5-1;1-13(10-6-3-7-11-13)12-8-4-2-5-9-12;1-2-6-10-8-4-3-7-9(10)5-1;4*1-2-4-6-5-3-1;17*1-2/h1-10H;12H,2-11H2,1H3;1-8H;1-6H2;3*1-6H;17*1-2H3. The maximum absolute atomic E-state index is 2.57. The molecule has 0 spiro atoms. The van der Waals surface area contributed by atoms with E-state index in [2.05, 4.69) is 116 Å². The molecule has 0 bridgehead atoms. The number of fused-ring (bicyclic) bond motifs is 3. The number of hydrogen-bond donors (Lipinski definition) is 0. The Morgan fingerprint density at radius 1 is 0.179 bits per heavy atom. The lowest BCUT2D eigenvalue weighted by Gasteiger charge is -2.42. The fraction of sp³-hybridized carbons (Fsp3) is 0.558. The third-order valence-corrected chi connectivity index (χ3v) is 12.4. The molecule has 3 aliphatic rings. The van der Waals surface area contributed by atoms with Gasteiger partial charge in [0, 0.05) is 0 Å². The highest BCUT2D eigenvalue weighted by atomic mass is 14.4. The minimum atomic E-state index is 0.749. The van der Waals surface area contributed by atoms with Crippen molar-refractivity contribution in [3.63, 3.8) is 0 Å². The average molecular weight is 1320 g/mol. The van der Waals surface area contributed by atoms with E-state index in [0.717, 1.165) is 11.3 Å². The van der Waals surface area contributed by atoms with Gasteiger partial charge in [0.15, 0.2) is 0 Å². The summed E-state index contributed by atoms with van der Waals surface area (Å²) >= 11 is 0. The predicted molar refractivity (Wildman–Crippen MR) is 463 cm³/mol. The molecule has 0 amide bonds. The molecule has 95 heavy (non-hydrogen) atoms. The topological polar surface area (TPSA) is 0 Å². The average Bonchev–Trinajstić information content (AvgIpc) is 0.955. The van der Waals surface area contributed by atoms with Crippen molar-refractivity contribution in [3.8, 4) is 0 Å². The molecule has 0 radical (unpaired) electrons. The van der Waals surface area contributed by atoms with Gasteiger partial charge >= 0.3 is 0 Å². The van der Waals surface area contributed by atoms with Crippen LogP contribution in [0.15, 0.2) is 218 Å². The Balaban J connectivity index is -0.0000000708. The van der Waals surface area contributed by atoms with Crippen LogP contribution in [0, 0.1) is 11.3 Å². The Labute approximate surface area is 603 Å². The lowest BCUT2D eigenvalue weighted by atomic mass is 9.63. The van der Waals surface area contributed by atoms with Crippen molar-refractivity contribution in [2.24, 2.45) is 11.3 Å². The summed E-state index contributed by atoms with van der Waals surface area (Å²) in [5, 5.41) is 7.87. The van der Waals surface area contributed by atoms with E-state index in [9.17, 15) is 0 Å². The minimum absolute atomic E-state index is 0.749. The van der Waals surface area contributed by atoms with Gasteiger partial charge in [-0.2, -0.15) is 0 Å². The van der Waals surface area contributed by atoms with Gasteiger partial charge in [-0.05, 0) is 81.5 Å². The summed E-state index contributed by atoms with van der Waals surface area (Å²) in [6.45, 7) is 70.6. The summed E-state index contributed by atoms with van der Waals surface area (Å²) in [6, 6.07) is 74.1. The van der Waals surface area contributed by atoms with Crippen LogP contribution in [0.5, 0.6) is 0 Å². The molecule has 0 atom stereocenters. The van der Waals surface area contributed by atoms with Crippen molar-refractivity contribution < 1.29 is 0 Å². The minimum Gasteiger partial charge on any atom is -0.0683 e. The first-order chi connectivity index (χ1) is 47.2. The van der Waals surface area contributed by atoms with Crippen molar-refractivity contribution in [1.82, 2.24) is 0 Å². The van der Waals surface area contributed by atoms with Gasteiger partial charge in [-0.25, -0.2) is 0 Å². The molecule has 0 N–H and O–H groups in total. The van der Waals surface area contributed by atoms with E-state index in [1.165, 1.54) is 135 Å². The maximum atomic E-state index is 2.57.